The molecule has 3 atom stereocenters. The molecule has 1 saturated heterocycles. The predicted octanol–water partition coefficient (Wildman–Crippen LogP) is 2.57. The van der Waals surface area contributed by atoms with Crippen LogP contribution in [0.15, 0.2) is 12.1 Å². The quantitative estimate of drug-likeness (QED) is 0.893. The van der Waals surface area contributed by atoms with Gasteiger partial charge in [0.1, 0.15) is 5.82 Å². The second-order valence-corrected chi connectivity index (χ2v) is 6.39. The van der Waals surface area contributed by atoms with Crippen LogP contribution in [0, 0.1) is 17.8 Å². The normalized spacial score (nSPS) is 27.7. The third-order valence-corrected chi connectivity index (χ3v) is 4.81. The van der Waals surface area contributed by atoms with Crippen molar-refractivity contribution in [1.82, 2.24) is 15.1 Å². The van der Waals surface area contributed by atoms with Crippen molar-refractivity contribution < 1.29 is 9.90 Å². The molecule has 21 heavy (non-hydrogen) atoms. The third kappa shape index (κ3) is 3.37. The maximum absolute atomic E-state index is 11.0. The lowest BCUT2D eigenvalue weighted by atomic mass is 10.0. The van der Waals surface area contributed by atoms with Crippen LogP contribution in [0.3, 0.4) is 0 Å². The van der Waals surface area contributed by atoms with Crippen LogP contribution in [-0.2, 0) is 0 Å². The molecule has 0 bridgehead atoms. The molecule has 2 fully saturated rings. The first-order valence-corrected chi connectivity index (χ1v) is 7.70. The van der Waals surface area contributed by atoms with Gasteiger partial charge < -0.3 is 15.3 Å². The largest absolute Gasteiger partial charge is 0.465 e. The first kappa shape index (κ1) is 14.4. The number of rotatable bonds is 4. The van der Waals surface area contributed by atoms with Crippen molar-refractivity contribution in [2.75, 3.05) is 25.0 Å². The molecule has 1 aliphatic heterocycles. The van der Waals surface area contributed by atoms with E-state index in [1.807, 2.05) is 6.07 Å². The minimum absolute atomic E-state index is 0.396. The lowest BCUT2D eigenvalue weighted by Gasteiger charge is -2.16. The molecule has 1 aromatic heterocycles. The average Bonchev–Trinajstić information content (AvgIpc) is 2.99. The Morgan fingerprint density at radius 2 is 2.05 bits per heavy atom. The van der Waals surface area contributed by atoms with Crippen molar-refractivity contribution in [3.05, 3.63) is 17.3 Å². The summed E-state index contributed by atoms with van der Waals surface area (Å²) in [6.45, 7) is 2.29. The van der Waals surface area contributed by atoms with E-state index in [-0.39, 0.29) is 0 Å². The lowest BCUT2D eigenvalue weighted by molar-refractivity contribution is 0.151. The number of anilines is 1. The van der Waals surface area contributed by atoms with Gasteiger partial charge in [0.2, 0.25) is 0 Å². The molecule has 7 heteroatoms. The number of hydrogen-bond acceptors (Lipinski definition) is 4. The monoisotopic (exact) mass is 310 g/mol. The van der Waals surface area contributed by atoms with Crippen molar-refractivity contribution in [3.8, 4) is 0 Å². The molecule has 1 amide bonds. The second kappa shape index (κ2) is 6.05. The highest BCUT2D eigenvalue weighted by Crippen LogP contribution is 2.42. The molecule has 1 unspecified atom stereocenters. The number of halogens is 1. The molecular weight excluding hydrogens is 292 g/mol. The fraction of sp³-hybridized carbons (Fsp3) is 0.643. The van der Waals surface area contributed by atoms with Crippen molar-refractivity contribution in [3.63, 3.8) is 0 Å². The summed E-state index contributed by atoms with van der Waals surface area (Å²) >= 11 is 5.69. The SMILES string of the molecule is O=C(O)N1C[C@H]2CC(CCNc3ccc(Cl)nn3)C[C@H]2C1. The Morgan fingerprint density at radius 1 is 1.33 bits per heavy atom. The second-order valence-electron chi connectivity index (χ2n) is 6.00. The smallest absolute Gasteiger partial charge is 0.407 e. The molecule has 2 heterocycles. The molecule has 2 aliphatic rings. The summed E-state index contributed by atoms with van der Waals surface area (Å²) in [6.07, 6.45) is 2.60. The Hall–Kier alpha value is -1.56. The topological polar surface area (TPSA) is 78.4 Å². The van der Waals surface area contributed by atoms with E-state index in [9.17, 15) is 4.79 Å². The van der Waals surface area contributed by atoms with Gasteiger partial charge in [-0.05, 0) is 49.1 Å². The van der Waals surface area contributed by atoms with Gasteiger partial charge in [-0.1, -0.05) is 11.6 Å². The standard InChI is InChI=1S/C14H19ClN4O2/c15-12-1-2-13(18-17-12)16-4-3-9-5-10-7-19(14(20)21)8-11(10)6-9/h1-2,9-11H,3-8H2,(H,16,18)(H,20,21)/t9?,10-,11+. The zero-order chi connectivity index (χ0) is 14.8. The Morgan fingerprint density at radius 3 is 2.62 bits per heavy atom. The number of carbonyl (C=O) groups is 1. The highest BCUT2D eigenvalue weighted by molar-refractivity contribution is 6.29. The van der Waals surface area contributed by atoms with Gasteiger partial charge in [-0.3, -0.25) is 0 Å². The highest BCUT2D eigenvalue weighted by Gasteiger charge is 2.41. The average molecular weight is 311 g/mol. The Bertz CT molecular complexity index is 496. The summed E-state index contributed by atoms with van der Waals surface area (Å²) in [5.41, 5.74) is 0. The summed E-state index contributed by atoms with van der Waals surface area (Å²) in [6, 6.07) is 3.54. The Labute approximate surface area is 128 Å². The third-order valence-electron chi connectivity index (χ3n) is 4.61. The van der Waals surface area contributed by atoms with Gasteiger partial charge in [0.15, 0.2) is 5.15 Å². The van der Waals surface area contributed by atoms with Crippen molar-refractivity contribution in [2.45, 2.75) is 19.3 Å². The minimum Gasteiger partial charge on any atom is -0.465 e. The van der Waals surface area contributed by atoms with Crippen LogP contribution in [0.4, 0.5) is 10.6 Å². The number of aromatic nitrogens is 2. The first-order valence-electron chi connectivity index (χ1n) is 7.33. The van der Waals surface area contributed by atoms with Crippen LogP contribution >= 0.6 is 11.6 Å². The van der Waals surface area contributed by atoms with Gasteiger partial charge >= 0.3 is 6.09 Å². The number of nitrogens with zero attached hydrogens (tertiary/aromatic N) is 3. The molecule has 2 N–H and O–H groups in total. The Kier molecular flexibility index (Phi) is 4.14. The Balaban J connectivity index is 1.41. The van der Waals surface area contributed by atoms with Crippen molar-refractivity contribution in [1.29, 1.82) is 0 Å². The zero-order valence-corrected chi connectivity index (χ0v) is 12.5. The summed E-state index contributed by atoms with van der Waals surface area (Å²) < 4.78 is 0. The summed E-state index contributed by atoms with van der Waals surface area (Å²) in [7, 11) is 0. The van der Waals surface area contributed by atoms with E-state index in [1.54, 1.807) is 11.0 Å². The molecule has 0 aromatic carbocycles. The molecule has 1 saturated carbocycles. The van der Waals surface area contributed by atoms with E-state index in [4.69, 9.17) is 16.7 Å². The van der Waals surface area contributed by atoms with Crippen LogP contribution in [0.25, 0.3) is 0 Å². The van der Waals surface area contributed by atoms with Crippen LogP contribution in [0.1, 0.15) is 19.3 Å². The minimum atomic E-state index is -0.774. The van der Waals surface area contributed by atoms with Gasteiger partial charge in [-0.2, -0.15) is 0 Å². The molecule has 114 valence electrons. The van der Waals surface area contributed by atoms with E-state index in [0.717, 1.165) is 31.6 Å². The van der Waals surface area contributed by atoms with Gasteiger partial charge in [-0.25, -0.2) is 4.79 Å². The van der Waals surface area contributed by atoms with Gasteiger partial charge in [0, 0.05) is 19.6 Å². The summed E-state index contributed by atoms with van der Waals surface area (Å²) in [5.74, 6) is 2.54. The van der Waals surface area contributed by atoms with E-state index < -0.39 is 6.09 Å². The molecule has 3 rings (SSSR count). The van der Waals surface area contributed by atoms with Gasteiger partial charge in [-0.15, -0.1) is 10.2 Å². The zero-order valence-electron chi connectivity index (χ0n) is 11.7. The molecule has 0 spiro atoms. The number of amides is 1. The van der Waals surface area contributed by atoms with Crippen molar-refractivity contribution >= 4 is 23.5 Å². The number of fused-ring (bicyclic) bond motifs is 1. The van der Waals surface area contributed by atoms with E-state index in [1.165, 1.54) is 0 Å². The molecule has 0 radical (unpaired) electrons. The van der Waals surface area contributed by atoms with Gasteiger partial charge in [0.05, 0.1) is 0 Å². The fourth-order valence-corrected chi connectivity index (χ4v) is 3.73. The molecule has 1 aliphatic carbocycles. The molecule has 6 nitrogen and oxygen atoms in total. The predicted molar refractivity (Wildman–Crippen MR) is 79.5 cm³/mol. The van der Waals surface area contributed by atoms with Crippen LogP contribution in [-0.4, -0.2) is 45.9 Å². The van der Waals surface area contributed by atoms with E-state index >= 15 is 0 Å². The number of likely N-dealkylation sites (tertiary alicyclic amines) is 1. The van der Waals surface area contributed by atoms with E-state index in [0.29, 0.717) is 36.0 Å². The van der Waals surface area contributed by atoms with E-state index in [2.05, 4.69) is 15.5 Å². The summed E-state index contributed by atoms with van der Waals surface area (Å²) in [5, 5.41) is 20.4. The van der Waals surface area contributed by atoms with Crippen molar-refractivity contribution in [2.24, 2.45) is 17.8 Å². The number of hydrogen-bond donors (Lipinski definition) is 2. The highest BCUT2D eigenvalue weighted by atomic mass is 35.5. The summed E-state index contributed by atoms with van der Waals surface area (Å²) in [4.78, 5) is 12.5. The van der Waals surface area contributed by atoms with Crippen LogP contribution < -0.4 is 5.32 Å². The van der Waals surface area contributed by atoms with Crippen LogP contribution in [0.2, 0.25) is 5.15 Å². The van der Waals surface area contributed by atoms with Crippen LogP contribution in [0.5, 0.6) is 0 Å². The molecule has 1 aromatic rings. The maximum Gasteiger partial charge on any atom is 0.407 e. The lowest BCUT2D eigenvalue weighted by Crippen LogP contribution is -2.28. The number of nitrogens with one attached hydrogen (secondary N) is 1. The number of carboxylic acid groups (broad SMARTS) is 1. The maximum atomic E-state index is 11.0. The van der Waals surface area contributed by atoms with Gasteiger partial charge in [0.25, 0.3) is 0 Å². The fourth-order valence-electron chi connectivity index (χ4n) is 3.63. The molecular formula is C14H19ClN4O2. The first-order chi connectivity index (χ1) is 10.1.